The summed E-state index contributed by atoms with van der Waals surface area (Å²) in [4.78, 5) is 40.2. The van der Waals surface area contributed by atoms with Gasteiger partial charge in [-0.05, 0) is 36.4 Å². The number of nitrogens with two attached hydrogens (primary N) is 1. The molecule has 3 aromatic rings. The molecule has 2 aromatic carbocycles. The van der Waals surface area contributed by atoms with Crippen LogP contribution in [0.25, 0.3) is 0 Å². The second kappa shape index (κ2) is 8.74. The largest absolute Gasteiger partial charge is 0.364 e. The van der Waals surface area contributed by atoms with Gasteiger partial charge in [0.2, 0.25) is 0 Å². The van der Waals surface area contributed by atoms with Crippen LogP contribution in [0.5, 0.6) is 0 Å². The number of carbonyl (C=O) groups excluding carboxylic acids is 3. The molecule has 0 spiro atoms. The van der Waals surface area contributed by atoms with E-state index in [-0.39, 0.29) is 27.0 Å². The van der Waals surface area contributed by atoms with E-state index in [1.165, 1.54) is 23.0 Å². The van der Waals surface area contributed by atoms with E-state index in [1.54, 1.807) is 31.3 Å². The predicted octanol–water partition coefficient (Wildman–Crippen LogP) is 3.98. The van der Waals surface area contributed by atoms with Crippen LogP contribution in [-0.2, 0) is 7.05 Å². The number of aryl methyl sites for hydroxylation is 1. The molecule has 3 rings (SSSR count). The van der Waals surface area contributed by atoms with Crippen molar-refractivity contribution in [3.05, 3.63) is 74.7 Å². The number of hydrogen-bond donors (Lipinski definition) is 3. The van der Waals surface area contributed by atoms with Crippen molar-refractivity contribution in [3.63, 3.8) is 0 Å². The number of halogens is 3. The number of imidazole rings is 1. The Kier molecular flexibility index (Phi) is 6.31. The summed E-state index contributed by atoms with van der Waals surface area (Å²) in [6.45, 7) is 0. The fourth-order valence-corrected chi connectivity index (χ4v) is 3.65. The van der Waals surface area contributed by atoms with E-state index in [2.05, 4.69) is 15.6 Å². The number of aromatic nitrogens is 2. The molecule has 1 heterocycles. The first-order chi connectivity index (χ1) is 14.2. The standard InChI is InChI=1S/C19H14Cl3N5O3/c1-27-8-24-15(17(23)28)16(27)19(30)26-11-4-2-10(3-5-11)25-18(29)14-12(21)6-9(20)7-13(14)22/h2-8H,1H3,(H2,23,28)(H,25,29)(H,26,30). The molecule has 0 fully saturated rings. The van der Waals surface area contributed by atoms with Crippen molar-refractivity contribution in [2.45, 2.75) is 0 Å². The molecule has 8 nitrogen and oxygen atoms in total. The van der Waals surface area contributed by atoms with Crippen molar-refractivity contribution in [1.29, 1.82) is 0 Å². The third-order valence-corrected chi connectivity index (χ3v) is 4.83. The molecule has 0 saturated heterocycles. The number of amides is 3. The van der Waals surface area contributed by atoms with E-state index in [0.29, 0.717) is 16.4 Å². The molecule has 11 heteroatoms. The molecule has 1 aromatic heterocycles. The van der Waals surface area contributed by atoms with Crippen molar-refractivity contribution >= 4 is 63.9 Å². The predicted molar refractivity (Wildman–Crippen MR) is 116 cm³/mol. The Labute approximate surface area is 185 Å². The number of hydrogen-bond acceptors (Lipinski definition) is 4. The van der Waals surface area contributed by atoms with Gasteiger partial charge in [0.15, 0.2) is 5.69 Å². The van der Waals surface area contributed by atoms with Gasteiger partial charge in [0.05, 0.1) is 21.9 Å². The number of anilines is 2. The zero-order chi connectivity index (χ0) is 22.0. The van der Waals surface area contributed by atoms with Crippen LogP contribution in [0.15, 0.2) is 42.7 Å². The molecule has 0 saturated carbocycles. The molecule has 0 unspecified atom stereocenters. The minimum Gasteiger partial charge on any atom is -0.364 e. The van der Waals surface area contributed by atoms with Crippen LogP contribution < -0.4 is 16.4 Å². The van der Waals surface area contributed by atoms with Gasteiger partial charge in [-0.1, -0.05) is 34.8 Å². The van der Waals surface area contributed by atoms with Crippen molar-refractivity contribution in [3.8, 4) is 0 Å². The fraction of sp³-hybridized carbons (Fsp3) is 0.0526. The third kappa shape index (κ3) is 4.56. The molecule has 0 aliphatic heterocycles. The van der Waals surface area contributed by atoms with E-state index in [9.17, 15) is 14.4 Å². The first-order valence-corrected chi connectivity index (χ1v) is 9.49. The van der Waals surface area contributed by atoms with Gasteiger partial charge in [0.25, 0.3) is 17.7 Å². The third-order valence-electron chi connectivity index (χ3n) is 4.02. The number of nitrogens with zero attached hydrogens (tertiary/aromatic N) is 2. The highest BCUT2D eigenvalue weighted by atomic mass is 35.5. The summed E-state index contributed by atoms with van der Waals surface area (Å²) in [6, 6.07) is 9.12. The van der Waals surface area contributed by atoms with Crippen LogP contribution in [0, 0.1) is 0 Å². The van der Waals surface area contributed by atoms with Crippen molar-refractivity contribution < 1.29 is 14.4 Å². The second-order valence-electron chi connectivity index (χ2n) is 6.15. The molecule has 0 aliphatic rings. The Morgan fingerprint density at radius 2 is 1.43 bits per heavy atom. The molecule has 3 amide bonds. The van der Waals surface area contributed by atoms with Crippen LogP contribution in [0.4, 0.5) is 11.4 Å². The van der Waals surface area contributed by atoms with Crippen LogP contribution >= 0.6 is 34.8 Å². The number of nitrogens with one attached hydrogen (secondary N) is 2. The lowest BCUT2D eigenvalue weighted by atomic mass is 10.2. The summed E-state index contributed by atoms with van der Waals surface area (Å²) in [5.41, 5.74) is 6.11. The Hall–Kier alpha value is -3.07. The monoisotopic (exact) mass is 465 g/mol. The molecular weight excluding hydrogens is 453 g/mol. The van der Waals surface area contributed by atoms with Crippen LogP contribution in [0.3, 0.4) is 0 Å². The highest BCUT2D eigenvalue weighted by molar-refractivity contribution is 6.42. The number of carbonyl (C=O) groups is 3. The summed E-state index contributed by atoms with van der Waals surface area (Å²) >= 11 is 18.0. The summed E-state index contributed by atoms with van der Waals surface area (Å²) < 4.78 is 1.39. The van der Waals surface area contributed by atoms with Crippen molar-refractivity contribution in [2.75, 3.05) is 10.6 Å². The first-order valence-electron chi connectivity index (χ1n) is 8.35. The minimum atomic E-state index is -0.807. The molecule has 0 atom stereocenters. The molecular formula is C19H14Cl3N5O3. The van der Waals surface area contributed by atoms with Gasteiger partial charge in [0.1, 0.15) is 5.69 Å². The summed E-state index contributed by atoms with van der Waals surface area (Å²) in [5, 5.41) is 5.86. The highest BCUT2D eigenvalue weighted by Crippen LogP contribution is 2.29. The van der Waals surface area contributed by atoms with Crippen molar-refractivity contribution in [2.24, 2.45) is 12.8 Å². The van der Waals surface area contributed by atoms with Crippen LogP contribution in [0.1, 0.15) is 31.3 Å². The fourth-order valence-electron chi connectivity index (χ4n) is 2.66. The maximum absolute atomic E-state index is 12.5. The Morgan fingerprint density at radius 1 is 0.933 bits per heavy atom. The molecule has 30 heavy (non-hydrogen) atoms. The highest BCUT2D eigenvalue weighted by Gasteiger charge is 2.21. The van der Waals surface area contributed by atoms with Crippen LogP contribution in [-0.4, -0.2) is 27.3 Å². The van der Waals surface area contributed by atoms with Gasteiger partial charge >= 0.3 is 0 Å². The van der Waals surface area contributed by atoms with E-state index in [1.807, 2.05) is 0 Å². The van der Waals surface area contributed by atoms with Gasteiger partial charge in [0, 0.05) is 23.4 Å². The topological polar surface area (TPSA) is 119 Å². The summed E-state index contributed by atoms with van der Waals surface area (Å²) in [7, 11) is 1.57. The number of primary amides is 1. The lowest BCUT2D eigenvalue weighted by Crippen LogP contribution is -2.22. The lowest BCUT2D eigenvalue weighted by molar-refractivity contribution is 0.0970. The summed E-state index contributed by atoms with van der Waals surface area (Å²) in [5.74, 6) is -1.88. The van der Waals surface area contributed by atoms with E-state index in [4.69, 9.17) is 40.5 Å². The zero-order valence-corrected chi connectivity index (χ0v) is 17.6. The van der Waals surface area contributed by atoms with E-state index < -0.39 is 17.7 Å². The Balaban J connectivity index is 1.73. The SMILES string of the molecule is Cn1cnc(C(N)=O)c1C(=O)Nc1ccc(NC(=O)c2c(Cl)cc(Cl)cc2Cl)cc1. The molecule has 0 radical (unpaired) electrons. The average Bonchev–Trinajstić information content (AvgIpc) is 3.04. The number of rotatable bonds is 5. The first kappa shape index (κ1) is 21.6. The molecule has 4 N–H and O–H groups in total. The minimum absolute atomic E-state index is 0.0342. The van der Waals surface area contributed by atoms with Gasteiger partial charge in [-0.25, -0.2) is 4.98 Å². The lowest BCUT2D eigenvalue weighted by Gasteiger charge is -2.10. The van der Waals surface area contributed by atoms with Gasteiger partial charge in [-0.2, -0.15) is 0 Å². The Morgan fingerprint density at radius 3 is 1.93 bits per heavy atom. The maximum Gasteiger partial charge on any atom is 0.274 e. The van der Waals surface area contributed by atoms with E-state index >= 15 is 0 Å². The zero-order valence-electron chi connectivity index (χ0n) is 15.4. The second-order valence-corrected chi connectivity index (χ2v) is 7.40. The van der Waals surface area contributed by atoms with Gasteiger partial charge in [-0.3, -0.25) is 14.4 Å². The molecule has 154 valence electrons. The Bertz CT molecular complexity index is 1140. The normalized spacial score (nSPS) is 10.5. The molecule has 0 aliphatic carbocycles. The van der Waals surface area contributed by atoms with Gasteiger partial charge in [-0.15, -0.1) is 0 Å². The number of benzene rings is 2. The molecule has 0 bridgehead atoms. The average molecular weight is 467 g/mol. The quantitative estimate of drug-likeness (QED) is 0.527. The van der Waals surface area contributed by atoms with Crippen molar-refractivity contribution in [1.82, 2.24) is 9.55 Å². The summed E-state index contributed by atoms with van der Waals surface area (Å²) in [6.07, 6.45) is 1.32. The van der Waals surface area contributed by atoms with Crippen LogP contribution in [0.2, 0.25) is 15.1 Å². The maximum atomic E-state index is 12.5. The smallest absolute Gasteiger partial charge is 0.274 e. The van der Waals surface area contributed by atoms with E-state index in [0.717, 1.165) is 0 Å². The van der Waals surface area contributed by atoms with Gasteiger partial charge < -0.3 is 20.9 Å².